The second-order valence-corrected chi connectivity index (χ2v) is 7.91. The summed E-state index contributed by atoms with van der Waals surface area (Å²) in [6.07, 6.45) is 2.87. The summed E-state index contributed by atoms with van der Waals surface area (Å²) in [5.74, 6) is 0.721. The van der Waals surface area contributed by atoms with Crippen molar-refractivity contribution < 1.29 is 32.3 Å². The van der Waals surface area contributed by atoms with Gasteiger partial charge >= 0.3 is 0 Å². The number of allylic oxidation sites excluding steroid dienone is 1. The Morgan fingerprint density at radius 1 is 0.938 bits per heavy atom. The lowest BCUT2D eigenvalue weighted by atomic mass is 10.1. The molecule has 1 aromatic heterocycles. The molecule has 0 spiro atoms. The fourth-order valence-electron chi connectivity index (χ4n) is 4.56. The Bertz CT molecular complexity index is 1140. The van der Waals surface area contributed by atoms with E-state index < -0.39 is 0 Å². The van der Waals surface area contributed by atoms with Crippen molar-refractivity contribution in [3.05, 3.63) is 70.3 Å². The molecular weight excluding hydrogens is 474 g/mol. The van der Waals surface area contributed by atoms with Gasteiger partial charge in [0, 0.05) is 6.54 Å². The van der Waals surface area contributed by atoms with Gasteiger partial charge in [0.1, 0.15) is 31.1 Å². The number of benzene rings is 2. The molecule has 3 aromatic rings. The van der Waals surface area contributed by atoms with Gasteiger partial charge in [-0.1, -0.05) is 12.1 Å². The number of aromatic nitrogens is 2. The summed E-state index contributed by atoms with van der Waals surface area (Å²) in [5, 5.41) is 29.2. The number of rotatable bonds is 8. The third-order valence-corrected chi connectivity index (χ3v) is 6.15. The number of aryl methyl sites for hydroxylation is 1. The molecule has 32 heavy (non-hydrogen) atoms. The molecule has 3 N–H and O–H groups in total. The smallest absolute Gasteiger partial charge is 0.281 e. The number of nitrogens with zero attached hydrogens (tertiary/aromatic N) is 3. The predicted molar refractivity (Wildman–Crippen MR) is 123 cm³/mol. The van der Waals surface area contributed by atoms with E-state index in [1.165, 1.54) is 0 Å². The minimum Gasteiger partial charge on any atom is -1.00 e. The number of hydrogen-bond acceptors (Lipinski definition) is 5. The van der Waals surface area contributed by atoms with Crippen LogP contribution >= 0.6 is 0 Å². The molecule has 0 atom stereocenters. The van der Waals surface area contributed by atoms with Gasteiger partial charge in [0.25, 0.3) is 5.56 Å². The van der Waals surface area contributed by atoms with E-state index in [2.05, 4.69) is 15.6 Å². The highest BCUT2D eigenvalue weighted by molar-refractivity contribution is 5.85. The molecule has 0 fully saturated rings. The molecule has 2 heterocycles. The molecule has 0 aliphatic carbocycles. The van der Waals surface area contributed by atoms with Gasteiger partial charge in [0.05, 0.1) is 30.7 Å². The Morgan fingerprint density at radius 2 is 1.56 bits per heavy atom. The largest absolute Gasteiger partial charge is 1.00 e. The summed E-state index contributed by atoms with van der Waals surface area (Å²) in [7, 11) is 0. The number of aliphatic hydroxyl groups is 3. The van der Waals surface area contributed by atoms with Crippen molar-refractivity contribution in [3.8, 4) is 0 Å². The standard InChI is InChI=1S/C24H28N3O4.BrH/c28-14-11-27(12-15-29,13-16-30)20-7-5-18(6-8-20)17-19-9-10-26-22-4-2-1-3-21(22)24(31)25-23(19)26;/h1-8,17,28-30H,9-16H2;1H/q+1;/p-1/b19-17+;. The summed E-state index contributed by atoms with van der Waals surface area (Å²) >= 11 is 0. The van der Waals surface area contributed by atoms with Crippen molar-refractivity contribution in [3.63, 3.8) is 0 Å². The highest BCUT2D eigenvalue weighted by Gasteiger charge is 2.29. The molecule has 170 valence electrons. The van der Waals surface area contributed by atoms with E-state index in [1.807, 2.05) is 48.5 Å². The number of quaternary nitrogens is 1. The number of halogens is 1. The second kappa shape index (κ2) is 10.5. The number of hydrogen-bond donors (Lipinski definition) is 3. The lowest BCUT2D eigenvalue weighted by Gasteiger charge is -2.36. The van der Waals surface area contributed by atoms with Crippen LogP contribution in [0, 0.1) is 0 Å². The molecule has 0 unspecified atom stereocenters. The van der Waals surface area contributed by atoms with Crippen LogP contribution in [-0.4, -0.2) is 64.3 Å². The Kier molecular flexibility index (Phi) is 7.97. The first-order valence-electron chi connectivity index (χ1n) is 10.6. The molecule has 7 nitrogen and oxygen atoms in total. The average Bonchev–Trinajstić information content (AvgIpc) is 3.17. The molecule has 0 amide bonds. The van der Waals surface area contributed by atoms with Crippen LogP contribution in [0.1, 0.15) is 17.8 Å². The van der Waals surface area contributed by atoms with Crippen molar-refractivity contribution in [2.24, 2.45) is 0 Å². The molecule has 0 saturated heterocycles. The van der Waals surface area contributed by atoms with E-state index in [1.54, 1.807) is 0 Å². The van der Waals surface area contributed by atoms with Gasteiger partial charge in [-0.05, 0) is 60.0 Å². The summed E-state index contributed by atoms with van der Waals surface area (Å²) in [6.45, 7) is 1.97. The highest BCUT2D eigenvalue weighted by Crippen LogP contribution is 2.30. The van der Waals surface area contributed by atoms with Gasteiger partial charge in [-0.3, -0.25) is 9.28 Å². The fraction of sp³-hybridized carbons (Fsp3) is 0.333. The first-order chi connectivity index (χ1) is 15.1. The van der Waals surface area contributed by atoms with Crippen LogP contribution in [0.5, 0.6) is 0 Å². The molecule has 0 radical (unpaired) electrons. The summed E-state index contributed by atoms with van der Waals surface area (Å²) in [4.78, 5) is 16.8. The van der Waals surface area contributed by atoms with Gasteiger partial charge in [-0.25, -0.2) is 0 Å². The Morgan fingerprint density at radius 3 is 2.19 bits per heavy atom. The Labute approximate surface area is 197 Å². The van der Waals surface area contributed by atoms with Crippen LogP contribution in [0.2, 0.25) is 0 Å². The van der Waals surface area contributed by atoms with E-state index in [0.717, 1.165) is 41.1 Å². The minimum absolute atomic E-state index is 0. The predicted octanol–water partition coefficient (Wildman–Crippen LogP) is -1.37. The van der Waals surface area contributed by atoms with Crippen LogP contribution in [0.3, 0.4) is 0 Å². The van der Waals surface area contributed by atoms with Gasteiger partial charge in [-0.15, -0.1) is 0 Å². The van der Waals surface area contributed by atoms with Gasteiger partial charge in [-0.2, -0.15) is 4.98 Å². The van der Waals surface area contributed by atoms with Crippen LogP contribution < -0.4 is 27.0 Å². The normalized spacial score (nSPS) is 14.5. The molecule has 1 aliphatic heterocycles. The quantitative estimate of drug-likeness (QED) is 0.331. The Balaban J connectivity index is 0.00000289. The maximum absolute atomic E-state index is 12.5. The maximum atomic E-state index is 12.5. The minimum atomic E-state index is -0.205. The fourth-order valence-corrected chi connectivity index (χ4v) is 4.56. The zero-order valence-electron chi connectivity index (χ0n) is 17.8. The molecule has 4 rings (SSSR count). The van der Waals surface area contributed by atoms with Crippen molar-refractivity contribution in [2.45, 2.75) is 13.0 Å². The average molecular weight is 502 g/mol. The van der Waals surface area contributed by atoms with Crippen molar-refractivity contribution in [1.82, 2.24) is 14.0 Å². The third kappa shape index (κ3) is 4.55. The van der Waals surface area contributed by atoms with Crippen LogP contribution in [0.25, 0.3) is 22.6 Å². The van der Waals surface area contributed by atoms with Crippen molar-refractivity contribution in [2.75, 3.05) is 39.5 Å². The molecule has 1 aliphatic rings. The lowest BCUT2D eigenvalue weighted by molar-refractivity contribution is -0.0000110. The number of fused-ring (bicyclic) bond motifs is 3. The van der Waals surface area contributed by atoms with E-state index in [4.69, 9.17) is 0 Å². The van der Waals surface area contributed by atoms with E-state index in [0.29, 0.717) is 29.5 Å². The first kappa shape index (κ1) is 24.3. The molecule has 2 aromatic carbocycles. The monoisotopic (exact) mass is 501 g/mol. The zero-order chi connectivity index (χ0) is 21.8. The summed E-state index contributed by atoms with van der Waals surface area (Å²) in [5.41, 5.74) is 3.66. The second-order valence-electron chi connectivity index (χ2n) is 7.91. The molecule has 0 bridgehead atoms. The molecule has 8 heteroatoms. The molecular formula is C24H28BrN3O4. The number of aliphatic hydroxyl groups excluding tert-OH is 3. The summed E-state index contributed by atoms with van der Waals surface area (Å²) in [6, 6.07) is 15.5. The SMILES string of the molecule is O=c1nc2n(c3ccccc13)CC/C2=C\c1ccc([N+](CCO)(CCO)CCO)cc1.[Br-]. The Hall–Kier alpha value is -2.36. The van der Waals surface area contributed by atoms with Crippen molar-refractivity contribution >= 4 is 28.2 Å². The van der Waals surface area contributed by atoms with E-state index in [9.17, 15) is 20.1 Å². The van der Waals surface area contributed by atoms with Crippen LogP contribution in [0.15, 0.2) is 53.3 Å². The molecule has 0 saturated carbocycles. The highest BCUT2D eigenvalue weighted by atomic mass is 79.9. The van der Waals surface area contributed by atoms with Gasteiger partial charge in [0.15, 0.2) is 0 Å². The first-order valence-corrected chi connectivity index (χ1v) is 10.6. The van der Waals surface area contributed by atoms with Gasteiger partial charge in [0.2, 0.25) is 0 Å². The van der Waals surface area contributed by atoms with Crippen LogP contribution in [0.4, 0.5) is 5.69 Å². The van der Waals surface area contributed by atoms with Crippen molar-refractivity contribution in [1.29, 1.82) is 0 Å². The van der Waals surface area contributed by atoms with Gasteiger partial charge < -0.3 is 36.9 Å². The number of para-hydroxylation sites is 1. The topological polar surface area (TPSA) is 95.6 Å². The van der Waals surface area contributed by atoms with E-state index >= 15 is 0 Å². The third-order valence-electron chi connectivity index (χ3n) is 6.15. The lowest BCUT2D eigenvalue weighted by Crippen LogP contribution is -3.00. The van der Waals surface area contributed by atoms with E-state index in [-0.39, 0.29) is 42.4 Å². The maximum Gasteiger partial charge on any atom is 0.281 e. The zero-order valence-corrected chi connectivity index (χ0v) is 19.4. The summed E-state index contributed by atoms with van der Waals surface area (Å²) < 4.78 is 2.43. The van der Waals surface area contributed by atoms with Crippen LogP contribution in [-0.2, 0) is 6.54 Å².